The molecule has 0 aromatic heterocycles. The first-order chi connectivity index (χ1) is 7.65. The minimum Gasteiger partial charge on any atom is -0.454 e. The van der Waals surface area contributed by atoms with Crippen molar-refractivity contribution in [1.82, 2.24) is 0 Å². The summed E-state index contributed by atoms with van der Waals surface area (Å²) in [4.78, 5) is 0. The Kier molecular flexibility index (Phi) is 3.35. The lowest BCUT2D eigenvalue weighted by atomic mass is 9.96. The third-order valence-corrected chi connectivity index (χ3v) is 3.26. The molecule has 0 amide bonds. The van der Waals surface area contributed by atoms with Crippen LogP contribution in [0.15, 0.2) is 10.5 Å². The van der Waals surface area contributed by atoms with Crippen LogP contribution in [0.4, 0.5) is 4.39 Å². The maximum absolute atomic E-state index is 14.0. The first kappa shape index (κ1) is 11.7. The summed E-state index contributed by atoms with van der Waals surface area (Å²) in [6.45, 7) is 2.59. The normalized spacial score (nSPS) is 15.2. The molecule has 0 bridgehead atoms. The fourth-order valence-corrected chi connectivity index (χ4v) is 2.27. The Morgan fingerprint density at radius 3 is 3.00 bits per heavy atom. The van der Waals surface area contributed by atoms with E-state index in [-0.39, 0.29) is 18.5 Å². The summed E-state index contributed by atoms with van der Waals surface area (Å²) >= 11 is 3.18. The van der Waals surface area contributed by atoms with Crippen molar-refractivity contribution in [3.05, 3.63) is 21.9 Å². The van der Waals surface area contributed by atoms with Crippen LogP contribution >= 0.6 is 15.9 Å². The summed E-state index contributed by atoms with van der Waals surface area (Å²) < 4.78 is 25.0. The molecule has 1 aromatic carbocycles. The molecule has 1 heterocycles. The van der Waals surface area contributed by atoms with E-state index in [2.05, 4.69) is 15.9 Å². The zero-order chi connectivity index (χ0) is 11.7. The molecule has 1 atom stereocenters. The van der Waals surface area contributed by atoms with Crippen molar-refractivity contribution in [1.29, 1.82) is 0 Å². The minimum absolute atomic E-state index is 0.0120. The Morgan fingerprint density at radius 2 is 2.31 bits per heavy atom. The van der Waals surface area contributed by atoms with Crippen molar-refractivity contribution in [3.63, 3.8) is 0 Å². The Bertz CT molecular complexity index is 411. The van der Waals surface area contributed by atoms with Crippen LogP contribution in [0.5, 0.6) is 11.5 Å². The quantitative estimate of drug-likeness (QED) is 0.931. The van der Waals surface area contributed by atoms with E-state index in [1.54, 1.807) is 6.07 Å². The molecule has 0 radical (unpaired) electrons. The summed E-state index contributed by atoms with van der Waals surface area (Å²) in [6, 6.07) is 1.59. The highest BCUT2D eigenvalue weighted by Crippen LogP contribution is 2.44. The van der Waals surface area contributed by atoms with E-state index < -0.39 is 0 Å². The van der Waals surface area contributed by atoms with E-state index in [1.165, 1.54) is 0 Å². The average Bonchev–Trinajstić information content (AvgIpc) is 2.67. The van der Waals surface area contributed by atoms with Gasteiger partial charge in [-0.3, -0.25) is 0 Å². The number of fused-ring (bicyclic) bond motifs is 1. The van der Waals surface area contributed by atoms with Gasteiger partial charge in [0.05, 0.1) is 4.47 Å². The van der Waals surface area contributed by atoms with E-state index in [0.717, 1.165) is 0 Å². The standard InChI is InChI=1S/C11H13BrFNO2/c1-6(2-3-14)9-10(13)7(12)4-8-11(9)16-5-15-8/h4,6H,2-3,5,14H2,1H3. The smallest absolute Gasteiger partial charge is 0.231 e. The molecule has 16 heavy (non-hydrogen) atoms. The van der Waals surface area contributed by atoms with Crippen LogP contribution in [0.3, 0.4) is 0 Å². The SMILES string of the molecule is CC(CCN)c1c(F)c(Br)cc2c1OCO2. The molecule has 1 unspecified atom stereocenters. The zero-order valence-corrected chi connectivity index (χ0v) is 10.5. The molecule has 1 aliphatic heterocycles. The molecule has 2 rings (SSSR count). The molecular weight excluding hydrogens is 277 g/mol. The number of hydrogen-bond donors (Lipinski definition) is 1. The van der Waals surface area contributed by atoms with Crippen LogP contribution in [0.1, 0.15) is 24.8 Å². The molecular formula is C11H13BrFNO2. The molecule has 0 saturated heterocycles. The van der Waals surface area contributed by atoms with Crippen LogP contribution in [-0.4, -0.2) is 13.3 Å². The highest BCUT2D eigenvalue weighted by Gasteiger charge is 2.26. The highest BCUT2D eigenvalue weighted by molar-refractivity contribution is 9.10. The lowest BCUT2D eigenvalue weighted by Gasteiger charge is -2.15. The van der Waals surface area contributed by atoms with Crippen molar-refractivity contribution in [2.24, 2.45) is 5.73 Å². The number of rotatable bonds is 3. The number of ether oxygens (including phenoxy) is 2. The number of halogens is 2. The van der Waals surface area contributed by atoms with Gasteiger partial charge in [-0.05, 0) is 34.8 Å². The van der Waals surface area contributed by atoms with Crippen LogP contribution in [0.2, 0.25) is 0 Å². The first-order valence-electron chi connectivity index (χ1n) is 5.12. The fraction of sp³-hybridized carbons (Fsp3) is 0.455. The minimum atomic E-state index is -0.287. The monoisotopic (exact) mass is 289 g/mol. The molecule has 0 saturated carbocycles. The second-order valence-corrected chi connectivity index (χ2v) is 4.65. The van der Waals surface area contributed by atoms with Crippen molar-refractivity contribution >= 4 is 15.9 Å². The molecule has 5 heteroatoms. The highest BCUT2D eigenvalue weighted by atomic mass is 79.9. The third kappa shape index (κ3) is 1.89. The van der Waals surface area contributed by atoms with Crippen LogP contribution in [0.25, 0.3) is 0 Å². The predicted octanol–water partition coefficient (Wildman–Crippen LogP) is 2.77. The molecule has 0 fully saturated rings. The summed E-state index contributed by atoms with van der Waals surface area (Å²) in [5.74, 6) is 0.831. The van der Waals surface area contributed by atoms with Gasteiger partial charge in [0.1, 0.15) is 5.82 Å². The van der Waals surface area contributed by atoms with E-state index in [9.17, 15) is 4.39 Å². The molecule has 0 aliphatic carbocycles. The Hall–Kier alpha value is -0.810. The topological polar surface area (TPSA) is 44.5 Å². The largest absolute Gasteiger partial charge is 0.454 e. The Balaban J connectivity index is 2.49. The van der Waals surface area contributed by atoms with Gasteiger partial charge in [0, 0.05) is 11.6 Å². The molecule has 0 spiro atoms. The maximum atomic E-state index is 14.0. The second-order valence-electron chi connectivity index (χ2n) is 3.80. The zero-order valence-electron chi connectivity index (χ0n) is 8.93. The maximum Gasteiger partial charge on any atom is 0.231 e. The van der Waals surface area contributed by atoms with E-state index in [4.69, 9.17) is 15.2 Å². The van der Waals surface area contributed by atoms with Gasteiger partial charge < -0.3 is 15.2 Å². The van der Waals surface area contributed by atoms with Gasteiger partial charge >= 0.3 is 0 Å². The molecule has 1 aromatic rings. The van der Waals surface area contributed by atoms with Gasteiger partial charge in [-0.25, -0.2) is 4.39 Å². The van der Waals surface area contributed by atoms with Gasteiger partial charge in [-0.15, -0.1) is 0 Å². The summed E-state index contributed by atoms with van der Waals surface area (Å²) in [5, 5.41) is 0. The number of hydrogen-bond acceptors (Lipinski definition) is 3. The van der Waals surface area contributed by atoms with Gasteiger partial charge in [-0.2, -0.15) is 0 Å². The lowest BCUT2D eigenvalue weighted by Crippen LogP contribution is -2.07. The number of nitrogens with two attached hydrogens (primary N) is 1. The third-order valence-electron chi connectivity index (χ3n) is 2.68. The molecule has 1 aliphatic rings. The molecule has 2 N–H and O–H groups in total. The first-order valence-corrected chi connectivity index (χ1v) is 5.92. The number of benzene rings is 1. The fourth-order valence-electron chi connectivity index (χ4n) is 1.85. The molecule has 88 valence electrons. The van der Waals surface area contributed by atoms with Crippen molar-refractivity contribution < 1.29 is 13.9 Å². The Morgan fingerprint density at radius 1 is 1.56 bits per heavy atom. The Labute approximate surface area is 102 Å². The van der Waals surface area contributed by atoms with Gasteiger partial charge in [0.15, 0.2) is 11.5 Å². The van der Waals surface area contributed by atoms with Crippen molar-refractivity contribution in [2.75, 3.05) is 13.3 Å². The van der Waals surface area contributed by atoms with E-state index >= 15 is 0 Å². The summed E-state index contributed by atoms with van der Waals surface area (Å²) in [7, 11) is 0. The summed E-state index contributed by atoms with van der Waals surface area (Å²) in [5.41, 5.74) is 6.04. The lowest BCUT2D eigenvalue weighted by molar-refractivity contribution is 0.172. The molecule has 3 nitrogen and oxygen atoms in total. The van der Waals surface area contributed by atoms with Crippen molar-refractivity contribution in [3.8, 4) is 11.5 Å². The van der Waals surface area contributed by atoms with Gasteiger partial charge in [-0.1, -0.05) is 6.92 Å². The van der Waals surface area contributed by atoms with E-state index in [0.29, 0.717) is 34.5 Å². The van der Waals surface area contributed by atoms with Crippen LogP contribution in [-0.2, 0) is 0 Å². The van der Waals surface area contributed by atoms with Crippen molar-refractivity contribution in [2.45, 2.75) is 19.3 Å². The van der Waals surface area contributed by atoms with Crippen LogP contribution < -0.4 is 15.2 Å². The van der Waals surface area contributed by atoms with Gasteiger partial charge in [0.2, 0.25) is 6.79 Å². The average molecular weight is 290 g/mol. The summed E-state index contributed by atoms with van der Waals surface area (Å²) in [6.07, 6.45) is 0.711. The van der Waals surface area contributed by atoms with E-state index in [1.807, 2.05) is 6.92 Å². The second kappa shape index (κ2) is 4.59. The predicted molar refractivity (Wildman–Crippen MR) is 62.3 cm³/mol. The van der Waals surface area contributed by atoms with Gasteiger partial charge in [0.25, 0.3) is 0 Å². The van der Waals surface area contributed by atoms with Crippen LogP contribution in [0, 0.1) is 5.82 Å².